The van der Waals surface area contributed by atoms with Crippen LogP contribution >= 0.6 is 7.82 Å². The average Bonchev–Trinajstić information content (AvgIpc) is 3.21. The highest BCUT2D eigenvalue weighted by Gasteiger charge is 2.28. The molecule has 0 aliphatic carbocycles. The molecule has 0 aromatic carbocycles. The van der Waals surface area contributed by atoms with Gasteiger partial charge in [0, 0.05) is 6.42 Å². The van der Waals surface area contributed by atoms with Crippen LogP contribution in [0.15, 0.2) is 48.6 Å². The van der Waals surface area contributed by atoms with Crippen LogP contribution in [0.3, 0.4) is 0 Å². The zero-order valence-corrected chi connectivity index (χ0v) is 41.5. The summed E-state index contributed by atoms with van der Waals surface area (Å²) in [7, 11) is 1.60. The molecule has 0 aromatic rings. The SMILES string of the molecule is CC/C=C\C/C=C\C/C=C\C/C=C\CCCCCCC(=O)NC(COP(=O)(O)OCC[N+](C)(C)C)C(O)CCCCCCCCCCCCCCCCCCCCCCCC. The highest BCUT2D eigenvalue weighted by Crippen LogP contribution is 2.43. The van der Waals surface area contributed by atoms with E-state index in [1.807, 2.05) is 21.1 Å². The summed E-state index contributed by atoms with van der Waals surface area (Å²) in [5.74, 6) is -0.167. The van der Waals surface area contributed by atoms with Crippen molar-refractivity contribution in [2.45, 2.75) is 238 Å². The van der Waals surface area contributed by atoms with Crippen LogP contribution in [0.25, 0.3) is 0 Å². The Morgan fingerprint density at radius 2 is 0.984 bits per heavy atom. The summed E-state index contributed by atoms with van der Waals surface area (Å²) in [4.78, 5) is 23.2. The lowest BCUT2D eigenvalue weighted by molar-refractivity contribution is -0.870. The fourth-order valence-electron chi connectivity index (χ4n) is 7.33. The Morgan fingerprint density at radius 1 is 0.574 bits per heavy atom. The maximum Gasteiger partial charge on any atom is 0.472 e. The molecule has 0 heterocycles. The fraction of sp³-hybridized carbons (Fsp3) is 0.827. The monoisotopic (exact) mass is 880 g/mol. The number of hydrogen-bond donors (Lipinski definition) is 3. The lowest BCUT2D eigenvalue weighted by atomic mass is 10.0. The quantitative estimate of drug-likeness (QED) is 0.0243. The number of aliphatic hydroxyl groups excluding tert-OH is 1. The summed E-state index contributed by atoms with van der Waals surface area (Å²) in [6, 6.07) is -0.775. The number of carbonyl (C=O) groups is 1. The Balaban J connectivity index is 4.29. The molecule has 8 nitrogen and oxygen atoms in total. The Labute approximate surface area is 378 Å². The Kier molecular flexibility index (Phi) is 42.6. The maximum atomic E-state index is 12.9. The smallest absolute Gasteiger partial charge is 0.391 e. The molecule has 1 amide bonds. The summed E-state index contributed by atoms with van der Waals surface area (Å²) >= 11 is 0. The molecule has 0 aromatic heterocycles. The predicted octanol–water partition coefficient (Wildman–Crippen LogP) is 14.8. The third kappa shape index (κ3) is 46.3. The van der Waals surface area contributed by atoms with Gasteiger partial charge in [-0.2, -0.15) is 0 Å². The van der Waals surface area contributed by atoms with Crippen LogP contribution in [0.4, 0.5) is 0 Å². The number of allylic oxidation sites excluding steroid dienone is 8. The van der Waals surface area contributed by atoms with E-state index < -0.39 is 20.0 Å². The van der Waals surface area contributed by atoms with Crippen molar-refractivity contribution in [2.24, 2.45) is 0 Å². The fourth-order valence-corrected chi connectivity index (χ4v) is 8.07. The first-order valence-corrected chi connectivity index (χ1v) is 27.0. The minimum atomic E-state index is -4.33. The summed E-state index contributed by atoms with van der Waals surface area (Å²) in [6.07, 6.45) is 55.8. The first kappa shape index (κ1) is 59.5. The van der Waals surface area contributed by atoms with Gasteiger partial charge in [-0.05, 0) is 51.4 Å². The van der Waals surface area contributed by atoms with Crippen LogP contribution in [0.5, 0.6) is 0 Å². The van der Waals surface area contributed by atoms with E-state index >= 15 is 0 Å². The Bertz CT molecular complexity index is 1130. The Hall–Kier alpha value is -1.54. The molecular formula is C52H100N2O6P+. The van der Waals surface area contributed by atoms with E-state index in [4.69, 9.17) is 9.05 Å². The van der Waals surface area contributed by atoms with Gasteiger partial charge in [0.25, 0.3) is 0 Å². The van der Waals surface area contributed by atoms with E-state index in [1.165, 1.54) is 122 Å². The van der Waals surface area contributed by atoms with E-state index in [0.717, 1.165) is 77.0 Å². The van der Waals surface area contributed by atoms with Crippen molar-refractivity contribution in [1.82, 2.24) is 5.32 Å². The van der Waals surface area contributed by atoms with Gasteiger partial charge in [-0.25, -0.2) is 4.57 Å². The number of aliphatic hydroxyl groups is 1. The standard InChI is InChI=1S/C52H99N2O6P/c1-6-8-10-12-14-16-18-20-22-24-25-26-27-28-30-31-33-35-37-39-41-43-45-51(55)50(49-60-61(57,58)59-48-47-54(3,4)5)53-52(56)46-44-42-40-38-36-34-32-29-23-21-19-17-15-13-11-9-7-2/h9,11,15,17,21,23,32,34,50-51,55H,6-8,10,12-14,16,18-20,22,24-31,33,35-49H2,1-5H3,(H-,53,56,57,58)/p+1/b11-9-,17-15-,23-21-,34-32-. The second kappa shape index (κ2) is 43.7. The molecule has 9 heteroatoms. The second-order valence-electron chi connectivity index (χ2n) is 18.5. The van der Waals surface area contributed by atoms with Gasteiger partial charge in [-0.1, -0.05) is 217 Å². The molecule has 0 saturated heterocycles. The number of phosphoric acid groups is 1. The summed E-state index contributed by atoms with van der Waals surface area (Å²) < 4.78 is 23.7. The molecule has 0 radical (unpaired) electrons. The minimum absolute atomic E-state index is 0.0681. The first-order chi connectivity index (χ1) is 29.5. The molecule has 0 spiro atoms. The minimum Gasteiger partial charge on any atom is -0.391 e. The van der Waals surface area contributed by atoms with Gasteiger partial charge in [0.05, 0.1) is 39.9 Å². The number of nitrogens with zero attached hydrogens (tertiary/aromatic N) is 1. The molecule has 0 aliphatic heterocycles. The van der Waals surface area contributed by atoms with Gasteiger partial charge in [-0.3, -0.25) is 13.8 Å². The molecule has 61 heavy (non-hydrogen) atoms. The Morgan fingerprint density at radius 3 is 1.44 bits per heavy atom. The number of likely N-dealkylation sites (N-methyl/N-ethyl adjacent to an activating group) is 1. The molecule has 0 fully saturated rings. The van der Waals surface area contributed by atoms with Crippen molar-refractivity contribution in [1.29, 1.82) is 0 Å². The molecule has 3 atom stereocenters. The largest absolute Gasteiger partial charge is 0.472 e. The highest BCUT2D eigenvalue weighted by atomic mass is 31.2. The number of hydrogen-bond acceptors (Lipinski definition) is 5. The van der Waals surface area contributed by atoms with E-state index in [0.29, 0.717) is 23.9 Å². The van der Waals surface area contributed by atoms with Gasteiger partial charge >= 0.3 is 7.82 Å². The van der Waals surface area contributed by atoms with Crippen LogP contribution < -0.4 is 5.32 Å². The molecule has 0 aliphatic rings. The number of carbonyl (C=O) groups excluding carboxylic acids is 1. The molecular weight excluding hydrogens is 780 g/mol. The van der Waals surface area contributed by atoms with Crippen molar-refractivity contribution < 1.29 is 32.9 Å². The molecule has 0 saturated carbocycles. The van der Waals surface area contributed by atoms with Gasteiger partial charge < -0.3 is 19.8 Å². The number of amides is 1. The predicted molar refractivity (Wildman–Crippen MR) is 263 cm³/mol. The number of quaternary nitrogens is 1. The summed E-state index contributed by atoms with van der Waals surface area (Å²) in [6.45, 7) is 4.77. The van der Waals surface area contributed by atoms with Gasteiger partial charge in [0.15, 0.2) is 0 Å². The molecule has 3 N–H and O–H groups in total. The average molecular weight is 880 g/mol. The lowest BCUT2D eigenvalue weighted by Gasteiger charge is -2.26. The van der Waals surface area contributed by atoms with Crippen molar-refractivity contribution in [3.05, 3.63) is 48.6 Å². The maximum absolute atomic E-state index is 12.9. The highest BCUT2D eigenvalue weighted by molar-refractivity contribution is 7.47. The lowest BCUT2D eigenvalue weighted by Crippen LogP contribution is -2.46. The normalized spacial score (nSPS) is 14.5. The van der Waals surface area contributed by atoms with Crippen LogP contribution in [0.1, 0.15) is 226 Å². The topological polar surface area (TPSA) is 105 Å². The zero-order valence-electron chi connectivity index (χ0n) is 40.7. The number of unbranched alkanes of at least 4 members (excludes halogenated alkanes) is 25. The van der Waals surface area contributed by atoms with Crippen molar-refractivity contribution in [2.75, 3.05) is 40.9 Å². The van der Waals surface area contributed by atoms with Gasteiger partial charge in [-0.15, -0.1) is 0 Å². The third-order valence-corrected chi connectivity index (χ3v) is 12.3. The summed E-state index contributed by atoms with van der Waals surface area (Å²) in [5, 5.41) is 14.0. The second-order valence-corrected chi connectivity index (χ2v) is 20.0. The first-order valence-electron chi connectivity index (χ1n) is 25.5. The molecule has 0 bridgehead atoms. The van der Waals surface area contributed by atoms with E-state index in [9.17, 15) is 19.4 Å². The van der Waals surface area contributed by atoms with E-state index in [1.54, 1.807) is 0 Å². The number of phosphoric ester groups is 1. The van der Waals surface area contributed by atoms with E-state index in [-0.39, 0.29) is 19.1 Å². The van der Waals surface area contributed by atoms with Crippen LogP contribution in [0, 0.1) is 0 Å². The van der Waals surface area contributed by atoms with Crippen molar-refractivity contribution in [3.8, 4) is 0 Å². The molecule has 0 rings (SSSR count). The summed E-state index contributed by atoms with van der Waals surface area (Å²) in [5.41, 5.74) is 0. The van der Waals surface area contributed by atoms with Gasteiger partial charge in [0.1, 0.15) is 13.2 Å². The van der Waals surface area contributed by atoms with Crippen molar-refractivity contribution >= 4 is 13.7 Å². The van der Waals surface area contributed by atoms with Crippen LogP contribution in [-0.2, 0) is 18.4 Å². The van der Waals surface area contributed by atoms with E-state index in [2.05, 4.69) is 67.8 Å². The van der Waals surface area contributed by atoms with Crippen molar-refractivity contribution in [3.63, 3.8) is 0 Å². The van der Waals surface area contributed by atoms with Crippen LogP contribution in [-0.4, -0.2) is 73.4 Å². The molecule has 3 unspecified atom stereocenters. The number of rotatable bonds is 46. The molecule has 358 valence electrons. The third-order valence-electron chi connectivity index (χ3n) is 11.3. The van der Waals surface area contributed by atoms with Gasteiger partial charge in [0.2, 0.25) is 5.91 Å². The number of nitrogens with one attached hydrogen (secondary N) is 1. The van der Waals surface area contributed by atoms with Crippen LogP contribution in [0.2, 0.25) is 0 Å². The zero-order chi connectivity index (χ0) is 45.0.